The van der Waals surface area contributed by atoms with Crippen molar-refractivity contribution in [1.82, 2.24) is 10.3 Å². The molecule has 0 aliphatic carbocycles. The van der Waals surface area contributed by atoms with Crippen LogP contribution in [0.3, 0.4) is 0 Å². The largest absolute Gasteiger partial charge is 0.396 e. The first kappa shape index (κ1) is 10.7. The van der Waals surface area contributed by atoms with E-state index in [1.165, 1.54) is 0 Å². The number of hydrogen-bond acceptors (Lipinski definition) is 3. The second kappa shape index (κ2) is 6.10. The summed E-state index contributed by atoms with van der Waals surface area (Å²) in [6, 6.07) is 3.62. The number of hydrogen-bond donors (Lipinski definition) is 2. The Morgan fingerprint density at radius 1 is 1.43 bits per heavy atom. The molecular formula is C10H14N2O2. The Bertz CT molecular complexity index is 275. The van der Waals surface area contributed by atoms with Crippen molar-refractivity contribution in [3.05, 3.63) is 30.1 Å². The SMILES string of the molecule is O=C(Cc1ccncc1)NCCCO. The molecule has 76 valence electrons. The normalized spacial score (nSPS) is 9.79. The third kappa shape index (κ3) is 4.00. The number of aliphatic hydroxyl groups excluding tert-OH is 1. The molecule has 0 spiro atoms. The van der Waals surface area contributed by atoms with Crippen molar-refractivity contribution in [2.75, 3.05) is 13.2 Å². The molecule has 0 saturated carbocycles. The smallest absolute Gasteiger partial charge is 0.224 e. The second-order valence-electron chi connectivity index (χ2n) is 2.96. The summed E-state index contributed by atoms with van der Waals surface area (Å²) in [5.41, 5.74) is 0.946. The number of nitrogens with one attached hydrogen (secondary N) is 1. The Balaban J connectivity index is 2.27. The Morgan fingerprint density at radius 2 is 2.14 bits per heavy atom. The molecular weight excluding hydrogens is 180 g/mol. The summed E-state index contributed by atoms with van der Waals surface area (Å²) in [5.74, 6) is -0.0235. The first-order valence-electron chi connectivity index (χ1n) is 4.59. The number of rotatable bonds is 5. The van der Waals surface area contributed by atoms with Crippen LogP contribution in [-0.2, 0) is 11.2 Å². The van der Waals surface area contributed by atoms with E-state index in [0.717, 1.165) is 5.56 Å². The molecule has 0 atom stereocenters. The van der Waals surface area contributed by atoms with E-state index in [1.54, 1.807) is 12.4 Å². The predicted molar refractivity (Wildman–Crippen MR) is 52.7 cm³/mol. The summed E-state index contributed by atoms with van der Waals surface area (Å²) < 4.78 is 0. The maximum atomic E-state index is 11.3. The summed E-state index contributed by atoms with van der Waals surface area (Å²) >= 11 is 0. The fourth-order valence-electron chi connectivity index (χ4n) is 1.06. The lowest BCUT2D eigenvalue weighted by atomic mass is 10.2. The maximum absolute atomic E-state index is 11.3. The van der Waals surface area contributed by atoms with Crippen molar-refractivity contribution in [1.29, 1.82) is 0 Å². The van der Waals surface area contributed by atoms with E-state index >= 15 is 0 Å². The van der Waals surface area contributed by atoms with Crippen molar-refractivity contribution >= 4 is 5.91 Å². The van der Waals surface area contributed by atoms with Gasteiger partial charge in [-0.05, 0) is 24.1 Å². The zero-order valence-corrected chi connectivity index (χ0v) is 7.94. The molecule has 0 saturated heterocycles. The summed E-state index contributed by atoms with van der Waals surface area (Å²) in [6.07, 6.45) is 4.29. The molecule has 1 aromatic rings. The molecule has 14 heavy (non-hydrogen) atoms. The predicted octanol–water partition coefficient (Wildman–Crippen LogP) is 0.123. The lowest BCUT2D eigenvalue weighted by Gasteiger charge is -2.03. The Kier molecular flexibility index (Phi) is 4.64. The lowest BCUT2D eigenvalue weighted by Crippen LogP contribution is -2.26. The number of aliphatic hydroxyl groups is 1. The van der Waals surface area contributed by atoms with Gasteiger partial charge in [0.15, 0.2) is 0 Å². The van der Waals surface area contributed by atoms with Gasteiger partial charge in [-0.2, -0.15) is 0 Å². The molecule has 0 aliphatic heterocycles. The standard InChI is InChI=1S/C10H14N2O2/c13-7-1-4-12-10(14)8-9-2-5-11-6-3-9/h2-3,5-6,13H,1,4,7-8H2,(H,12,14). The van der Waals surface area contributed by atoms with Gasteiger partial charge < -0.3 is 10.4 Å². The average Bonchev–Trinajstić information content (AvgIpc) is 2.20. The summed E-state index contributed by atoms with van der Waals surface area (Å²) in [7, 11) is 0. The number of aromatic nitrogens is 1. The first-order valence-corrected chi connectivity index (χ1v) is 4.59. The fourth-order valence-corrected chi connectivity index (χ4v) is 1.06. The molecule has 0 aliphatic rings. The van der Waals surface area contributed by atoms with E-state index in [-0.39, 0.29) is 12.5 Å². The minimum atomic E-state index is -0.0235. The Morgan fingerprint density at radius 3 is 2.79 bits per heavy atom. The summed E-state index contributed by atoms with van der Waals surface area (Å²) in [4.78, 5) is 15.1. The third-order valence-corrected chi connectivity index (χ3v) is 1.77. The molecule has 1 aromatic heterocycles. The molecule has 1 heterocycles. The van der Waals surface area contributed by atoms with E-state index in [4.69, 9.17) is 5.11 Å². The Hall–Kier alpha value is -1.42. The van der Waals surface area contributed by atoms with Crippen LogP contribution in [0.1, 0.15) is 12.0 Å². The van der Waals surface area contributed by atoms with Crippen LogP contribution in [0.4, 0.5) is 0 Å². The highest BCUT2D eigenvalue weighted by atomic mass is 16.3. The van der Waals surface area contributed by atoms with Crippen LogP contribution in [0.5, 0.6) is 0 Å². The van der Waals surface area contributed by atoms with Gasteiger partial charge in [0.05, 0.1) is 6.42 Å². The van der Waals surface area contributed by atoms with Gasteiger partial charge in [0.2, 0.25) is 5.91 Å². The molecule has 4 nitrogen and oxygen atoms in total. The molecule has 0 aromatic carbocycles. The number of nitrogens with zero attached hydrogens (tertiary/aromatic N) is 1. The van der Waals surface area contributed by atoms with E-state index in [0.29, 0.717) is 19.4 Å². The summed E-state index contributed by atoms with van der Waals surface area (Å²) in [5, 5.41) is 11.2. The van der Waals surface area contributed by atoms with Crippen LogP contribution >= 0.6 is 0 Å². The van der Waals surface area contributed by atoms with Crippen LogP contribution in [0.25, 0.3) is 0 Å². The monoisotopic (exact) mass is 194 g/mol. The minimum Gasteiger partial charge on any atom is -0.396 e. The van der Waals surface area contributed by atoms with E-state index in [1.807, 2.05) is 12.1 Å². The van der Waals surface area contributed by atoms with E-state index in [2.05, 4.69) is 10.3 Å². The highest BCUT2D eigenvalue weighted by Gasteiger charge is 2.01. The van der Waals surface area contributed by atoms with Crippen molar-refractivity contribution in [3.8, 4) is 0 Å². The van der Waals surface area contributed by atoms with Gasteiger partial charge in [0, 0.05) is 25.5 Å². The van der Waals surface area contributed by atoms with Gasteiger partial charge in [-0.3, -0.25) is 9.78 Å². The highest BCUT2D eigenvalue weighted by Crippen LogP contribution is 1.96. The lowest BCUT2D eigenvalue weighted by molar-refractivity contribution is -0.120. The van der Waals surface area contributed by atoms with Gasteiger partial charge >= 0.3 is 0 Å². The van der Waals surface area contributed by atoms with E-state index in [9.17, 15) is 4.79 Å². The summed E-state index contributed by atoms with van der Waals surface area (Å²) in [6.45, 7) is 0.635. The van der Waals surface area contributed by atoms with E-state index < -0.39 is 0 Å². The molecule has 0 unspecified atom stereocenters. The maximum Gasteiger partial charge on any atom is 0.224 e. The van der Waals surface area contributed by atoms with Gasteiger partial charge in [-0.1, -0.05) is 0 Å². The zero-order chi connectivity index (χ0) is 10.2. The van der Waals surface area contributed by atoms with Crippen LogP contribution in [0.2, 0.25) is 0 Å². The molecule has 0 bridgehead atoms. The van der Waals surface area contributed by atoms with Gasteiger partial charge in [-0.25, -0.2) is 0 Å². The molecule has 1 rings (SSSR count). The van der Waals surface area contributed by atoms with Crippen molar-refractivity contribution in [2.24, 2.45) is 0 Å². The molecule has 0 radical (unpaired) electrons. The number of pyridine rings is 1. The number of amides is 1. The quantitative estimate of drug-likeness (QED) is 0.654. The van der Waals surface area contributed by atoms with Crippen LogP contribution in [-0.4, -0.2) is 29.1 Å². The van der Waals surface area contributed by atoms with Gasteiger partial charge in [-0.15, -0.1) is 0 Å². The first-order chi connectivity index (χ1) is 6.83. The number of carbonyl (C=O) groups is 1. The van der Waals surface area contributed by atoms with Crippen LogP contribution in [0, 0.1) is 0 Å². The topological polar surface area (TPSA) is 62.2 Å². The highest BCUT2D eigenvalue weighted by molar-refractivity contribution is 5.78. The second-order valence-corrected chi connectivity index (χ2v) is 2.96. The number of carbonyl (C=O) groups excluding carboxylic acids is 1. The minimum absolute atomic E-state index is 0.0235. The molecule has 2 N–H and O–H groups in total. The molecule has 1 amide bonds. The Labute approximate surface area is 83.0 Å². The van der Waals surface area contributed by atoms with Crippen molar-refractivity contribution < 1.29 is 9.90 Å². The fraction of sp³-hybridized carbons (Fsp3) is 0.400. The van der Waals surface area contributed by atoms with Crippen LogP contribution in [0.15, 0.2) is 24.5 Å². The third-order valence-electron chi connectivity index (χ3n) is 1.77. The van der Waals surface area contributed by atoms with Crippen LogP contribution < -0.4 is 5.32 Å². The van der Waals surface area contributed by atoms with Crippen molar-refractivity contribution in [2.45, 2.75) is 12.8 Å². The zero-order valence-electron chi connectivity index (χ0n) is 7.94. The molecule has 0 fully saturated rings. The van der Waals surface area contributed by atoms with Crippen molar-refractivity contribution in [3.63, 3.8) is 0 Å². The van der Waals surface area contributed by atoms with Gasteiger partial charge in [0.1, 0.15) is 0 Å². The molecule has 4 heteroatoms. The van der Waals surface area contributed by atoms with Gasteiger partial charge in [0.25, 0.3) is 0 Å². The average molecular weight is 194 g/mol.